The molecule has 6 nitrogen and oxygen atoms in total. The van der Waals surface area contributed by atoms with Crippen LogP contribution < -0.4 is 10.6 Å². The van der Waals surface area contributed by atoms with E-state index in [2.05, 4.69) is 15.7 Å². The molecule has 0 saturated carbocycles. The highest BCUT2D eigenvalue weighted by molar-refractivity contribution is 5.73. The summed E-state index contributed by atoms with van der Waals surface area (Å²) in [5.41, 5.74) is 5.38. The number of urea groups is 1. The van der Waals surface area contributed by atoms with Crippen LogP contribution in [0.2, 0.25) is 0 Å². The number of aliphatic hydroxyl groups is 1. The maximum absolute atomic E-state index is 11.8. The Hall–Kier alpha value is -2.34. The Kier molecular flexibility index (Phi) is 6.37. The maximum Gasteiger partial charge on any atom is 0.314 e. The van der Waals surface area contributed by atoms with Gasteiger partial charge in [0.1, 0.15) is 0 Å². The van der Waals surface area contributed by atoms with Crippen molar-refractivity contribution in [2.24, 2.45) is 7.05 Å². The molecule has 0 spiro atoms. The van der Waals surface area contributed by atoms with E-state index in [0.29, 0.717) is 13.1 Å². The summed E-state index contributed by atoms with van der Waals surface area (Å²) in [5, 5.41) is 19.1. The molecular formula is C18H26N4O2. The first-order valence-electron chi connectivity index (χ1n) is 8.20. The Labute approximate surface area is 142 Å². The van der Waals surface area contributed by atoms with E-state index in [4.69, 9.17) is 5.11 Å². The Morgan fingerprint density at radius 1 is 1.08 bits per heavy atom. The second-order valence-electron chi connectivity index (χ2n) is 5.93. The van der Waals surface area contributed by atoms with Gasteiger partial charge in [-0.3, -0.25) is 4.68 Å². The highest BCUT2D eigenvalue weighted by Gasteiger charge is 2.09. The van der Waals surface area contributed by atoms with Crippen molar-refractivity contribution in [1.29, 1.82) is 0 Å². The normalized spacial score (nSPS) is 10.7. The van der Waals surface area contributed by atoms with Gasteiger partial charge in [-0.2, -0.15) is 5.10 Å². The summed E-state index contributed by atoms with van der Waals surface area (Å²) in [6.07, 6.45) is 1.54. The number of carbonyl (C=O) groups excluding carboxylic acids is 1. The summed E-state index contributed by atoms with van der Waals surface area (Å²) in [6.45, 7) is 5.25. The fourth-order valence-electron chi connectivity index (χ4n) is 2.67. The largest absolute Gasteiger partial charge is 0.392 e. The third-order valence-electron chi connectivity index (χ3n) is 4.22. The molecule has 2 amide bonds. The fourth-order valence-corrected chi connectivity index (χ4v) is 2.67. The van der Waals surface area contributed by atoms with Crippen molar-refractivity contribution in [2.45, 2.75) is 33.3 Å². The van der Waals surface area contributed by atoms with E-state index in [-0.39, 0.29) is 12.6 Å². The monoisotopic (exact) mass is 330 g/mol. The molecule has 6 heteroatoms. The number of nitrogens with zero attached hydrogens (tertiary/aromatic N) is 2. The summed E-state index contributed by atoms with van der Waals surface area (Å²) in [6, 6.07) is 7.58. The predicted octanol–water partition coefficient (Wildman–Crippen LogP) is 1.61. The molecule has 0 radical (unpaired) electrons. The molecule has 0 aliphatic rings. The number of aryl methyl sites for hydroxylation is 2. The molecule has 24 heavy (non-hydrogen) atoms. The second-order valence-corrected chi connectivity index (χ2v) is 5.93. The van der Waals surface area contributed by atoms with E-state index in [1.807, 2.05) is 49.8 Å². The molecule has 0 saturated heterocycles. The Bertz CT molecular complexity index is 677. The van der Waals surface area contributed by atoms with Crippen LogP contribution in [0.15, 0.2) is 24.3 Å². The van der Waals surface area contributed by atoms with Crippen LogP contribution in [0.25, 0.3) is 0 Å². The van der Waals surface area contributed by atoms with Crippen molar-refractivity contribution >= 4 is 6.03 Å². The minimum Gasteiger partial charge on any atom is -0.392 e. The van der Waals surface area contributed by atoms with Gasteiger partial charge in [0.15, 0.2) is 0 Å². The highest BCUT2D eigenvalue weighted by atomic mass is 16.3. The third kappa shape index (κ3) is 4.83. The van der Waals surface area contributed by atoms with Crippen molar-refractivity contribution in [3.8, 4) is 0 Å². The van der Waals surface area contributed by atoms with Gasteiger partial charge in [-0.1, -0.05) is 24.3 Å². The summed E-state index contributed by atoms with van der Waals surface area (Å²) in [7, 11) is 1.93. The lowest BCUT2D eigenvalue weighted by Gasteiger charge is -2.08. The number of benzene rings is 1. The number of hydrogen-bond donors (Lipinski definition) is 3. The van der Waals surface area contributed by atoms with Crippen molar-refractivity contribution in [2.75, 3.05) is 13.1 Å². The topological polar surface area (TPSA) is 79.2 Å². The van der Waals surface area contributed by atoms with Crippen LogP contribution in [0.4, 0.5) is 4.79 Å². The van der Waals surface area contributed by atoms with E-state index in [9.17, 15) is 4.79 Å². The summed E-state index contributed by atoms with van der Waals surface area (Å²) < 4.78 is 1.87. The van der Waals surface area contributed by atoms with E-state index in [1.54, 1.807) is 0 Å². The molecule has 0 bridgehead atoms. The van der Waals surface area contributed by atoms with Crippen LogP contribution >= 0.6 is 0 Å². The zero-order valence-electron chi connectivity index (χ0n) is 14.6. The van der Waals surface area contributed by atoms with Crippen molar-refractivity contribution in [1.82, 2.24) is 20.4 Å². The molecule has 2 aromatic rings. The number of hydrogen-bond acceptors (Lipinski definition) is 3. The number of aliphatic hydroxyl groups excluding tert-OH is 1. The summed E-state index contributed by atoms with van der Waals surface area (Å²) in [4.78, 5) is 11.8. The molecule has 0 atom stereocenters. The van der Waals surface area contributed by atoms with Gasteiger partial charge in [0.05, 0.1) is 12.3 Å². The second kappa shape index (κ2) is 8.49. The van der Waals surface area contributed by atoms with Crippen LogP contribution in [0.1, 0.15) is 28.1 Å². The minimum atomic E-state index is -0.152. The molecule has 0 aliphatic carbocycles. The molecule has 0 unspecified atom stereocenters. The Morgan fingerprint density at radius 2 is 1.67 bits per heavy atom. The smallest absolute Gasteiger partial charge is 0.314 e. The number of carbonyl (C=O) groups is 1. The molecule has 1 aromatic carbocycles. The lowest BCUT2D eigenvalue weighted by molar-refractivity contribution is 0.241. The van der Waals surface area contributed by atoms with E-state index >= 15 is 0 Å². The molecular weight excluding hydrogens is 304 g/mol. The van der Waals surface area contributed by atoms with Crippen LogP contribution in [0, 0.1) is 13.8 Å². The third-order valence-corrected chi connectivity index (χ3v) is 4.22. The predicted molar refractivity (Wildman–Crippen MR) is 93.9 cm³/mol. The first kappa shape index (κ1) is 18.0. The van der Waals surface area contributed by atoms with E-state index < -0.39 is 0 Å². The first-order chi connectivity index (χ1) is 11.5. The van der Waals surface area contributed by atoms with Gasteiger partial charge in [0.2, 0.25) is 0 Å². The quantitative estimate of drug-likeness (QED) is 0.722. The number of aromatic nitrogens is 2. The van der Waals surface area contributed by atoms with Crippen LogP contribution in [0.3, 0.4) is 0 Å². The summed E-state index contributed by atoms with van der Waals surface area (Å²) in [5.74, 6) is 0. The van der Waals surface area contributed by atoms with Crippen molar-refractivity contribution < 1.29 is 9.90 Å². The standard InChI is InChI=1S/C18H26N4O2/c1-13-17(14(2)22(3)21-13)9-11-20-18(24)19-10-8-15-4-6-16(12-23)7-5-15/h4-7,23H,8-12H2,1-3H3,(H2,19,20,24). The van der Waals surface area contributed by atoms with Crippen LogP contribution in [0.5, 0.6) is 0 Å². The van der Waals surface area contributed by atoms with Gasteiger partial charge in [0, 0.05) is 25.8 Å². The number of amides is 2. The molecule has 1 aromatic heterocycles. The zero-order valence-corrected chi connectivity index (χ0v) is 14.6. The van der Waals surface area contributed by atoms with Crippen LogP contribution in [-0.2, 0) is 26.5 Å². The SMILES string of the molecule is Cc1nn(C)c(C)c1CCNC(=O)NCCc1ccc(CO)cc1. The van der Waals surface area contributed by atoms with Gasteiger partial charge in [-0.05, 0) is 43.4 Å². The molecule has 130 valence electrons. The molecule has 0 fully saturated rings. The van der Waals surface area contributed by atoms with Gasteiger partial charge in [0.25, 0.3) is 0 Å². The zero-order chi connectivity index (χ0) is 17.5. The fraction of sp³-hybridized carbons (Fsp3) is 0.444. The summed E-state index contributed by atoms with van der Waals surface area (Å²) >= 11 is 0. The first-order valence-corrected chi connectivity index (χ1v) is 8.20. The van der Waals surface area contributed by atoms with Gasteiger partial charge >= 0.3 is 6.03 Å². The van der Waals surface area contributed by atoms with Crippen molar-refractivity contribution in [3.63, 3.8) is 0 Å². The molecule has 3 N–H and O–H groups in total. The Balaban J connectivity index is 1.68. The van der Waals surface area contributed by atoms with Gasteiger partial charge in [-0.25, -0.2) is 4.79 Å². The average molecular weight is 330 g/mol. The van der Waals surface area contributed by atoms with Crippen LogP contribution in [-0.4, -0.2) is 34.0 Å². The van der Waals surface area contributed by atoms with E-state index in [1.165, 1.54) is 5.56 Å². The average Bonchev–Trinajstić information content (AvgIpc) is 2.81. The molecule has 0 aliphatic heterocycles. The van der Waals surface area contributed by atoms with Crippen molar-refractivity contribution in [3.05, 3.63) is 52.3 Å². The lowest BCUT2D eigenvalue weighted by Crippen LogP contribution is -2.37. The highest BCUT2D eigenvalue weighted by Crippen LogP contribution is 2.11. The number of rotatable bonds is 7. The molecule has 2 rings (SSSR count). The maximum atomic E-state index is 11.8. The Morgan fingerprint density at radius 3 is 2.21 bits per heavy atom. The number of nitrogens with one attached hydrogen (secondary N) is 2. The molecule has 1 heterocycles. The minimum absolute atomic E-state index is 0.0524. The van der Waals surface area contributed by atoms with E-state index in [0.717, 1.165) is 35.4 Å². The van der Waals surface area contributed by atoms with Gasteiger partial charge < -0.3 is 15.7 Å². The van der Waals surface area contributed by atoms with Gasteiger partial charge in [-0.15, -0.1) is 0 Å². The lowest BCUT2D eigenvalue weighted by atomic mass is 10.1.